The predicted octanol–water partition coefficient (Wildman–Crippen LogP) is -29.6. The van der Waals surface area contributed by atoms with Crippen LogP contribution in [0.15, 0.2) is 0 Å². The van der Waals surface area contributed by atoms with Gasteiger partial charge < -0.3 is 328 Å². The molecule has 0 aromatic heterocycles. The van der Waals surface area contributed by atoms with Gasteiger partial charge in [-0.1, -0.05) is 0 Å². The molecule has 67 heteroatoms. The van der Waals surface area contributed by atoms with Gasteiger partial charge in [-0.15, -0.1) is 0 Å². The Balaban J connectivity index is 0.884. The van der Waals surface area contributed by atoms with Crippen molar-refractivity contribution in [3.05, 3.63) is 0 Å². The fourth-order valence-corrected chi connectivity index (χ4v) is 18.6. The van der Waals surface area contributed by atoms with Crippen LogP contribution in [0.25, 0.3) is 0 Å². The summed E-state index contributed by atoms with van der Waals surface area (Å²) in [6.07, 6.45) is -146. The van der Waals surface area contributed by atoms with Gasteiger partial charge in [0.25, 0.3) is 0 Å². The fraction of sp³-hybridized carbons (Fsp3) is 0.988. The van der Waals surface area contributed by atoms with Crippen molar-refractivity contribution in [2.45, 2.75) is 400 Å². The number of ether oxygens (including phenoxy) is 24. The third kappa shape index (κ3) is 26.5. The maximum Gasteiger partial charge on any atom is 0.217 e. The van der Waals surface area contributed by atoms with Crippen LogP contribution in [0.2, 0.25) is 0 Å². The summed E-state index contributed by atoms with van der Waals surface area (Å²) < 4.78 is 142. The van der Waals surface area contributed by atoms with E-state index >= 15 is 0 Å². The van der Waals surface area contributed by atoms with Crippen LogP contribution in [0.4, 0.5) is 0 Å². The molecule has 12 fully saturated rings. The van der Waals surface area contributed by atoms with Crippen molar-refractivity contribution in [1.82, 2.24) is 5.32 Å². The molecule has 0 aromatic rings. The fourth-order valence-electron chi connectivity index (χ4n) is 18.6. The van der Waals surface area contributed by atoms with E-state index in [0.717, 1.165) is 6.92 Å². The second-order valence-electron chi connectivity index (χ2n) is 37.0. The summed E-state index contributed by atoms with van der Waals surface area (Å²) in [4.78, 5) is 12.5. The number of aliphatic hydroxyl groups excluding tert-OH is 41. The van der Waals surface area contributed by atoms with Crippen LogP contribution in [0.3, 0.4) is 0 Å². The van der Waals surface area contributed by atoms with Crippen LogP contribution in [0.1, 0.15) is 6.92 Å². The number of aliphatic hydroxyl groups is 41. The molecule has 0 radical (unpaired) electrons. The summed E-state index contributed by atoms with van der Waals surface area (Å²) in [6, 6.07) is -1.89. The first-order valence-corrected chi connectivity index (χ1v) is 46.7. The van der Waals surface area contributed by atoms with Crippen LogP contribution in [0.5, 0.6) is 0 Å². The van der Waals surface area contributed by atoms with Crippen LogP contribution in [0, 0.1) is 0 Å². The Labute approximate surface area is 828 Å². The number of carbonyl (C=O) groups is 1. The quantitative estimate of drug-likeness (QED) is 0.0270. The zero-order valence-electron chi connectivity index (χ0n) is 77.4. The second-order valence-corrected chi connectivity index (χ2v) is 37.0. The highest BCUT2D eigenvalue weighted by atomic mass is 16.8. The van der Waals surface area contributed by atoms with Crippen molar-refractivity contribution < 1.29 is 328 Å². The molecule has 0 aliphatic carbocycles. The highest BCUT2D eigenvalue weighted by Crippen LogP contribution is 2.44. The van der Waals surface area contributed by atoms with E-state index in [2.05, 4.69) is 5.32 Å². The molecular weight excluding hydrogens is 2030 g/mol. The summed E-state index contributed by atoms with van der Waals surface area (Å²) in [5.41, 5.74) is 0. The third-order valence-electron chi connectivity index (χ3n) is 27.3. The smallest absolute Gasteiger partial charge is 0.217 e. The van der Waals surface area contributed by atoms with E-state index in [9.17, 15) is 214 Å². The molecule has 0 aromatic carbocycles. The Kier molecular flexibility index (Phi) is 44.9. The summed E-state index contributed by atoms with van der Waals surface area (Å²) in [5.74, 6) is -0.970. The average molecular weight is 2170 g/mol. The van der Waals surface area contributed by atoms with E-state index in [-0.39, 0.29) is 0 Å². The predicted molar refractivity (Wildman–Crippen MR) is 441 cm³/mol. The molecule has 1 amide bonds. The Hall–Kier alpha value is -3.13. The number of nitrogens with one attached hydrogen (secondary N) is 1. The normalized spacial score (nSPS) is 50.7. The summed E-state index contributed by atoms with van der Waals surface area (Å²) in [7, 11) is 0. The second kappa shape index (κ2) is 53.9. The number of carbonyl (C=O) groups excluding carboxylic acids is 1. The van der Waals surface area contributed by atoms with Crippen molar-refractivity contribution in [3.8, 4) is 0 Å². The number of hydrogen-bond donors (Lipinski definition) is 42. The Morgan fingerprint density at radius 3 is 0.653 bits per heavy atom. The van der Waals surface area contributed by atoms with Crippen molar-refractivity contribution in [2.24, 2.45) is 0 Å². The Bertz CT molecular complexity index is 3880. The third-order valence-corrected chi connectivity index (χ3v) is 27.3. The molecule has 0 bridgehead atoms. The zero-order valence-corrected chi connectivity index (χ0v) is 77.4. The SMILES string of the molecule is CC(=O)N[C@@H](CO)[C@@H](O)[C@H](O[C@@H]1O[C@H](CO[C@H]2O[C@H](CO[C@H]3O[C@H](CO)[C@@H](O)[C@H](O)[C@@H]3O[C@H]3O[C@H](CO)[C@@H](O)[C@H](O)[C@@H]3O)[C@@H](O)[C@H](O[C@H]3O[C@H](CO)[C@@H](O)[C@H](O)[C@@H]3O[C@H]3O[C@H](CO)[C@@H](O)[C@H](O)[C@@H]3O)[C@@H]2O)[C@@H](O)[C@H](O[C@H]2O[C@H](CO)[C@@H](O)[C@H](O)[C@@H]2O[C@H]2O[C@H](CO)[C@@H](O)[C@H](O)[C@@H]2O[C@H]2O[C@H](CO)[C@@H](O)[C@H](O)[C@@H]2O[C@@H]2O[C@H](CO)[C@@H](O)[C@H](O)[C@H]2O[C@@H]2O[C@H](CO)[C@@H](O)[C@H](O)[C@H]2O[C@@H]2O[C@H](CO)[C@@H](O)[C@H](O)[C@H]2O)[C@@H]1O)[C@H](O)CO. The standard InChI is InChI=1S/C80H137NO66/c1-16(94)81-17(2-82)31(96)59(18(95)3-83)138-73-58(123)61(43(108)30(137-73)14-124-69-57(122)60(139-75-63(48(113)36(101)23(8-88)130-75)142-71-55(120)45(110)33(98)20(5-85)127-71)42(107)29(136-69)15-125-74-62(47(112)35(100)22(7-87)129-74)141-70-54(119)44(109)32(97)19(4-84)126-70)140-76-65(50(115)38(103)24(9-89)131-76)144-78-67(52(117)40(105)26(11-91)133-78)146-80-68(53(118)41(106)28(13-93)135-80)147-79-66(51(116)39(104)27(12-92)134-79)145-77-64(49(114)37(102)25(10-90)132-77)143-72-56(121)46(111)34(99)21(6-86)128-72/h17-80,82-93,95-123H,2-15H2,1H3,(H,81,94)/t17-,18+,19+,20+,21+,22+,23+,24+,25+,26+,27+,28+,29+,30+,31+,32+,33+,34+,35+,36+,37+,38+,39+,40+,41+,42+,43+,44-,45-,46-,47-,48-,49-,50-,51-,52-,53-,54-,55-,56+,57-,58-,59+,60-,61-,62-,63-,64+,65-,66+,67-,68-,69-,70+,71+,72-,73-,74-,75+,76+,77-,78+,79-,80+/m0/s1. The highest BCUT2D eigenvalue weighted by Gasteiger charge is 2.64. The number of amides is 1. The van der Waals surface area contributed by atoms with Gasteiger partial charge in [-0.2, -0.15) is 0 Å². The van der Waals surface area contributed by atoms with E-state index in [1.807, 2.05) is 0 Å². The molecule has 0 unspecified atom stereocenters. The molecule has 147 heavy (non-hydrogen) atoms. The minimum Gasteiger partial charge on any atom is -0.394 e. The molecule has 12 saturated heterocycles. The van der Waals surface area contributed by atoms with E-state index in [0.29, 0.717) is 0 Å². The minimum absolute atomic E-state index is 0.890. The Morgan fingerprint density at radius 2 is 0.415 bits per heavy atom. The highest BCUT2D eigenvalue weighted by molar-refractivity contribution is 5.73. The van der Waals surface area contributed by atoms with Crippen molar-refractivity contribution in [1.29, 1.82) is 0 Å². The molecule has 12 rings (SSSR count). The van der Waals surface area contributed by atoms with Crippen LogP contribution in [-0.2, 0) is 118 Å². The summed E-state index contributed by atoms with van der Waals surface area (Å²) in [5, 5.41) is 461. The first-order chi connectivity index (χ1) is 69.7. The molecule has 67 nitrogen and oxygen atoms in total. The van der Waals surface area contributed by atoms with Gasteiger partial charge in [-0.25, -0.2) is 0 Å². The number of hydrogen-bond acceptors (Lipinski definition) is 66. The lowest BCUT2D eigenvalue weighted by molar-refractivity contribution is -0.420. The van der Waals surface area contributed by atoms with Gasteiger partial charge in [-0.3, -0.25) is 4.79 Å². The lowest BCUT2D eigenvalue weighted by atomic mass is 9.95. The van der Waals surface area contributed by atoms with E-state index in [1.54, 1.807) is 0 Å². The van der Waals surface area contributed by atoms with Crippen LogP contribution in [-0.4, -0.2) is 701 Å². The largest absolute Gasteiger partial charge is 0.394 e. The van der Waals surface area contributed by atoms with E-state index in [4.69, 9.17) is 114 Å². The zero-order chi connectivity index (χ0) is 108. The van der Waals surface area contributed by atoms with Gasteiger partial charge >= 0.3 is 0 Å². The van der Waals surface area contributed by atoms with Gasteiger partial charge in [0.1, 0.15) is 311 Å². The molecule has 12 aliphatic heterocycles. The monoisotopic (exact) mass is 2170 g/mol. The molecular formula is C80H137NO66. The molecule has 12 heterocycles. The van der Waals surface area contributed by atoms with Crippen molar-refractivity contribution in [2.75, 3.05) is 92.5 Å². The van der Waals surface area contributed by atoms with Gasteiger partial charge in [0.05, 0.1) is 98.5 Å². The first kappa shape index (κ1) is 122. The van der Waals surface area contributed by atoms with Crippen molar-refractivity contribution >= 4 is 5.91 Å². The number of rotatable bonds is 42. The van der Waals surface area contributed by atoms with Crippen LogP contribution >= 0.6 is 0 Å². The topological polar surface area (TPSA) is 1080 Å². The maximum atomic E-state index is 12.9. The summed E-state index contributed by atoms with van der Waals surface area (Å²) in [6.45, 7) is -16.4. The van der Waals surface area contributed by atoms with Crippen molar-refractivity contribution in [3.63, 3.8) is 0 Å². The average Bonchev–Trinajstić information content (AvgIpc) is 0.753. The molecule has 64 atom stereocenters. The van der Waals surface area contributed by atoms with Gasteiger partial charge in [0.15, 0.2) is 75.5 Å². The minimum atomic E-state index is -2.80. The molecule has 0 saturated carbocycles. The van der Waals surface area contributed by atoms with E-state index < -0.39 is 491 Å². The van der Waals surface area contributed by atoms with Gasteiger partial charge in [0.2, 0.25) is 5.91 Å². The Morgan fingerprint density at radius 1 is 0.218 bits per heavy atom. The lowest BCUT2D eigenvalue weighted by Crippen LogP contribution is -2.69. The molecule has 42 N–H and O–H groups in total. The molecule has 0 spiro atoms. The maximum absolute atomic E-state index is 12.9. The molecule has 12 aliphatic rings. The van der Waals surface area contributed by atoms with Gasteiger partial charge in [-0.05, 0) is 0 Å². The first-order valence-electron chi connectivity index (χ1n) is 46.7. The molecule has 858 valence electrons. The summed E-state index contributed by atoms with van der Waals surface area (Å²) >= 11 is 0. The van der Waals surface area contributed by atoms with Crippen LogP contribution < -0.4 is 5.32 Å². The van der Waals surface area contributed by atoms with E-state index in [1.165, 1.54) is 0 Å². The lowest BCUT2D eigenvalue weighted by Gasteiger charge is -2.51. The van der Waals surface area contributed by atoms with Gasteiger partial charge in [0, 0.05) is 6.92 Å².